The van der Waals surface area contributed by atoms with Crippen LogP contribution in [0.15, 0.2) is 54.6 Å². The Kier molecular flexibility index (Phi) is 7.26. The predicted molar refractivity (Wildman–Crippen MR) is 93.8 cm³/mol. The molecule has 0 spiro atoms. The molecule has 0 saturated heterocycles. The van der Waals surface area contributed by atoms with Crippen LogP contribution in [0, 0.1) is 0 Å². The van der Waals surface area contributed by atoms with E-state index in [4.69, 9.17) is 15.2 Å². The van der Waals surface area contributed by atoms with E-state index in [-0.39, 0.29) is 12.5 Å². The van der Waals surface area contributed by atoms with Gasteiger partial charge in [-0.3, -0.25) is 4.79 Å². The second-order valence-corrected chi connectivity index (χ2v) is 5.42. The number of carbonyl (C=O) groups excluding carboxylic acids is 1. The first-order valence-corrected chi connectivity index (χ1v) is 7.99. The van der Waals surface area contributed by atoms with Crippen molar-refractivity contribution in [2.45, 2.75) is 19.1 Å². The Balaban J connectivity index is 1.75. The van der Waals surface area contributed by atoms with Crippen LogP contribution < -0.4 is 15.8 Å². The minimum atomic E-state index is -0.584. The highest BCUT2D eigenvalue weighted by Gasteiger charge is 2.14. The molecule has 1 unspecified atom stereocenters. The van der Waals surface area contributed by atoms with Gasteiger partial charge >= 0.3 is 0 Å². The van der Waals surface area contributed by atoms with E-state index in [0.29, 0.717) is 13.2 Å². The molecule has 0 aliphatic carbocycles. The largest absolute Gasteiger partial charge is 0.489 e. The lowest BCUT2D eigenvalue weighted by molar-refractivity contribution is -0.130. The third-order valence-corrected chi connectivity index (χ3v) is 3.68. The van der Waals surface area contributed by atoms with E-state index in [2.05, 4.69) is 5.32 Å². The third kappa shape index (κ3) is 5.68. The van der Waals surface area contributed by atoms with E-state index in [1.807, 2.05) is 54.6 Å². The Morgan fingerprint density at radius 3 is 2.42 bits per heavy atom. The number of rotatable bonds is 9. The highest BCUT2D eigenvalue weighted by Crippen LogP contribution is 2.14. The molecule has 0 bridgehead atoms. The van der Waals surface area contributed by atoms with Gasteiger partial charge in [-0.2, -0.15) is 0 Å². The maximum atomic E-state index is 11.7. The van der Waals surface area contributed by atoms with Gasteiger partial charge < -0.3 is 20.5 Å². The average Bonchev–Trinajstić information content (AvgIpc) is 2.63. The van der Waals surface area contributed by atoms with Gasteiger partial charge in [0, 0.05) is 20.2 Å². The number of hydrogen-bond donors (Lipinski definition) is 2. The number of amides is 1. The van der Waals surface area contributed by atoms with Crippen LogP contribution in [0.5, 0.6) is 5.75 Å². The molecule has 2 rings (SSSR count). The monoisotopic (exact) mass is 328 g/mol. The van der Waals surface area contributed by atoms with E-state index in [1.165, 1.54) is 7.11 Å². The topological polar surface area (TPSA) is 73.6 Å². The van der Waals surface area contributed by atoms with Gasteiger partial charge in [-0.25, -0.2) is 0 Å². The summed E-state index contributed by atoms with van der Waals surface area (Å²) >= 11 is 0. The van der Waals surface area contributed by atoms with Gasteiger partial charge in [0.1, 0.15) is 18.5 Å². The lowest BCUT2D eigenvalue weighted by Gasteiger charge is -2.13. The fourth-order valence-electron chi connectivity index (χ4n) is 2.25. The number of hydrogen-bond acceptors (Lipinski definition) is 4. The second-order valence-electron chi connectivity index (χ2n) is 5.42. The SMILES string of the molecule is COC(CN)C(=O)NCCc1ccc(OCc2ccccc2)cc1. The first kappa shape index (κ1) is 18.0. The van der Waals surface area contributed by atoms with E-state index in [1.54, 1.807) is 0 Å². The molecule has 0 fully saturated rings. The molecule has 128 valence electrons. The van der Waals surface area contributed by atoms with Crippen LogP contribution in [0.25, 0.3) is 0 Å². The summed E-state index contributed by atoms with van der Waals surface area (Å²) in [6.07, 6.45) is 0.157. The van der Waals surface area contributed by atoms with Crippen LogP contribution in [-0.4, -0.2) is 32.2 Å². The first-order chi connectivity index (χ1) is 11.7. The lowest BCUT2D eigenvalue weighted by atomic mass is 10.1. The maximum absolute atomic E-state index is 11.7. The number of methoxy groups -OCH3 is 1. The summed E-state index contributed by atoms with van der Waals surface area (Å²) in [5, 5.41) is 2.82. The molecule has 24 heavy (non-hydrogen) atoms. The highest BCUT2D eigenvalue weighted by molar-refractivity contribution is 5.80. The molecular formula is C19H24N2O3. The smallest absolute Gasteiger partial charge is 0.250 e. The van der Waals surface area contributed by atoms with Crippen LogP contribution >= 0.6 is 0 Å². The van der Waals surface area contributed by atoms with Crippen molar-refractivity contribution in [2.75, 3.05) is 20.2 Å². The fourth-order valence-corrected chi connectivity index (χ4v) is 2.25. The number of nitrogens with two attached hydrogens (primary N) is 1. The molecule has 0 saturated carbocycles. The van der Waals surface area contributed by atoms with Gasteiger partial charge in [0.05, 0.1) is 0 Å². The number of carbonyl (C=O) groups is 1. The normalized spacial score (nSPS) is 11.8. The van der Waals surface area contributed by atoms with Gasteiger partial charge in [-0.1, -0.05) is 42.5 Å². The molecule has 3 N–H and O–H groups in total. The maximum Gasteiger partial charge on any atom is 0.250 e. The summed E-state index contributed by atoms with van der Waals surface area (Å²) in [5.41, 5.74) is 7.72. The molecule has 1 atom stereocenters. The van der Waals surface area contributed by atoms with Crippen molar-refractivity contribution in [3.8, 4) is 5.75 Å². The van der Waals surface area contributed by atoms with E-state index < -0.39 is 6.10 Å². The lowest BCUT2D eigenvalue weighted by Crippen LogP contribution is -2.41. The van der Waals surface area contributed by atoms with E-state index in [0.717, 1.165) is 23.3 Å². The standard InChI is InChI=1S/C19H24N2O3/c1-23-18(13-20)19(22)21-12-11-15-7-9-17(10-8-15)24-14-16-5-3-2-4-6-16/h2-10,18H,11-14,20H2,1H3,(H,21,22). The Labute approximate surface area is 142 Å². The van der Waals surface area contributed by atoms with Crippen molar-refractivity contribution in [1.29, 1.82) is 0 Å². The summed E-state index contributed by atoms with van der Waals surface area (Å²) in [5.74, 6) is 0.650. The van der Waals surface area contributed by atoms with Crippen LogP contribution in [-0.2, 0) is 22.6 Å². The van der Waals surface area contributed by atoms with Gasteiger partial charge in [-0.05, 0) is 29.7 Å². The van der Waals surface area contributed by atoms with Crippen molar-refractivity contribution in [2.24, 2.45) is 5.73 Å². The zero-order chi connectivity index (χ0) is 17.2. The van der Waals surface area contributed by atoms with Crippen LogP contribution in [0.4, 0.5) is 0 Å². The van der Waals surface area contributed by atoms with Crippen molar-refractivity contribution in [3.05, 3.63) is 65.7 Å². The summed E-state index contributed by atoms with van der Waals surface area (Å²) < 4.78 is 10.7. The number of nitrogens with one attached hydrogen (secondary N) is 1. The molecule has 0 aliphatic rings. The van der Waals surface area contributed by atoms with Gasteiger partial charge in [0.25, 0.3) is 0 Å². The van der Waals surface area contributed by atoms with Gasteiger partial charge in [-0.15, -0.1) is 0 Å². The Morgan fingerprint density at radius 1 is 1.08 bits per heavy atom. The average molecular weight is 328 g/mol. The molecule has 0 aromatic heterocycles. The summed E-state index contributed by atoms with van der Waals surface area (Å²) in [4.78, 5) is 11.7. The second kappa shape index (κ2) is 9.70. The van der Waals surface area contributed by atoms with Crippen LogP contribution in [0.2, 0.25) is 0 Å². The van der Waals surface area contributed by atoms with Crippen molar-refractivity contribution in [3.63, 3.8) is 0 Å². The first-order valence-electron chi connectivity index (χ1n) is 7.99. The third-order valence-electron chi connectivity index (χ3n) is 3.68. The highest BCUT2D eigenvalue weighted by atomic mass is 16.5. The zero-order valence-electron chi connectivity index (χ0n) is 13.9. The predicted octanol–water partition coefficient (Wildman–Crippen LogP) is 1.90. The Morgan fingerprint density at radius 2 is 1.79 bits per heavy atom. The van der Waals surface area contributed by atoms with Crippen LogP contribution in [0.1, 0.15) is 11.1 Å². The molecule has 1 amide bonds. The van der Waals surface area contributed by atoms with Gasteiger partial charge in [0.15, 0.2) is 0 Å². The van der Waals surface area contributed by atoms with Crippen molar-refractivity contribution in [1.82, 2.24) is 5.32 Å². The minimum Gasteiger partial charge on any atom is -0.489 e. The van der Waals surface area contributed by atoms with Crippen molar-refractivity contribution < 1.29 is 14.3 Å². The quantitative estimate of drug-likeness (QED) is 0.737. The molecule has 0 heterocycles. The Bertz CT molecular complexity index is 610. The summed E-state index contributed by atoms with van der Waals surface area (Å²) in [7, 11) is 1.48. The van der Waals surface area contributed by atoms with Crippen LogP contribution in [0.3, 0.4) is 0 Å². The number of benzene rings is 2. The molecule has 5 nitrogen and oxygen atoms in total. The molecule has 2 aromatic rings. The van der Waals surface area contributed by atoms with E-state index in [9.17, 15) is 4.79 Å². The minimum absolute atomic E-state index is 0.176. The zero-order valence-corrected chi connectivity index (χ0v) is 13.9. The molecule has 0 aliphatic heterocycles. The van der Waals surface area contributed by atoms with Crippen molar-refractivity contribution >= 4 is 5.91 Å². The van der Waals surface area contributed by atoms with Gasteiger partial charge in [0.2, 0.25) is 5.91 Å². The molecule has 2 aromatic carbocycles. The molecule has 0 radical (unpaired) electrons. The molecule has 5 heteroatoms. The molecular weight excluding hydrogens is 304 g/mol. The number of ether oxygens (including phenoxy) is 2. The Hall–Kier alpha value is -2.37. The fraction of sp³-hybridized carbons (Fsp3) is 0.316. The van der Waals surface area contributed by atoms with E-state index >= 15 is 0 Å². The summed E-state index contributed by atoms with van der Waals surface area (Å²) in [6, 6.07) is 17.9. The summed E-state index contributed by atoms with van der Waals surface area (Å²) in [6.45, 7) is 1.27.